The van der Waals surface area contributed by atoms with Crippen LogP contribution in [0.15, 0.2) is 24.3 Å². The monoisotopic (exact) mass is 424 g/mol. The van der Waals surface area contributed by atoms with Gasteiger partial charge in [-0.15, -0.1) is 0 Å². The van der Waals surface area contributed by atoms with Crippen LogP contribution in [-0.4, -0.2) is 80.4 Å². The quantitative estimate of drug-likeness (QED) is 0.598. The predicted molar refractivity (Wildman–Crippen MR) is 108 cm³/mol. The van der Waals surface area contributed by atoms with Gasteiger partial charge >= 0.3 is 0 Å². The van der Waals surface area contributed by atoms with Gasteiger partial charge in [0.25, 0.3) is 0 Å². The molecule has 0 spiro atoms. The predicted octanol–water partition coefficient (Wildman–Crippen LogP) is -0.738. The standard InChI is InChI=1S/C19H28N4O5S/c1-14-5-7-15(8-6-14)9-10-20-16(24)11-21-18(26)19(2)13-23(29(4,27)28)12-17(25)22(19)3/h5-8H,9-13H2,1-4H3,(H,20,24)(H,21,26)/t19-/m1/s1. The summed E-state index contributed by atoms with van der Waals surface area (Å²) < 4.78 is 24.6. The first-order valence-electron chi connectivity index (χ1n) is 9.26. The van der Waals surface area contributed by atoms with Crippen molar-refractivity contribution in [3.05, 3.63) is 35.4 Å². The van der Waals surface area contributed by atoms with Crippen molar-refractivity contribution in [2.24, 2.45) is 0 Å². The second-order valence-corrected chi connectivity index (χ2v) is 9.51. The van der Waals surface area contributed by atoms with E-state index in [4.69, 9.17) is 0 Å². The number of carbonyl (C=O) groups excluding carboxylic acids is 3. The summed E-state index contributed by atoms with van der Waals surface area (Å²) in [6.45, 7) is 3.17. The number of nitrogens with zero attached hydrogens (tertiary/aromatic N) is 2. The molecule has 1 fully saturated rings. The lowest BCUT2D eigenvalue weighted by atomic mass is 9.96. The molecule has 160 valence electrons. The van der Waals surface area contributed by atoms with Crippen LogP contribution < -0.4 is 10.6 Å². The highest BCUT2D eigenvalue weighted by Crippen LogP contribution is 2.22. The molecule has 1 aromatic carbocycles. The largest absolute Gasteiger partial charge is 0.354 e. The van der Waals surface area contributed by atoms with Gasteiger partial charge in [-0.2, -0.15) is 4.31 Å². The van der Waals surface area contributed by atoms with Gasteiger partial charge in [-0.05, 0) is 25.8 Å². The highest BCUT2D eigenvalue weighted by molar-refractivity contribution is 7.88. The van der Waals surface area contributed by atoms with Crippen molar-refractivity contribution < 1.29 is 22.8 Å². The van der Waals surface area contributed by atoms with Gasteiger partial charge in [0.2, 0.25) is 27.7 Å². The second-order valence-electron chi connectivity index (χ2n) is 7.53. The van der Waals surface area contributed by atoms with E-state index in [-0.39, 0.29) is 25.5 Å². The number of likely N-dealkylation sites (N-methyl/N-ethyl adjacent to an activating group) is 1. The number of hydrogen-bond donors (Lipinski definition) is 2. The van der Waals surface area contributed by atoms with E-state index < -0.39 is 27.4 Å². The van der Waals surface area contributed by atoms with Gasteiger partial charge in [0.05, 0.1) is 19.3 Å². The molecule has 9 nitrogen and oxygen atoms in total. The molecule has 0 saturated carbocycles. The summed E-state index contributed by atoms with van der Waals surface area (Å²) in [6, 6.07) is 7.99. The Hall–Kier alpha value is -2.46. The molecule has 0 bridgehead atoms. The molecule has 0 aliphatic carbocycles. The molecule has 1 heterocycles. The maximum Gasteiger partial charge on any atom is 0.247 e. The summed E-state index contributed by atoms with van der Waals surface area (Å²) in [5.74, 6) is -1.43. The highest BCUT2D eigenvalue weighted by Gasteiger charge is 2.47. The molecule has 29 heavy (non-hydrogen) atoms. The molecule has 0 unspecified atom stereocenters. The Labute approximate surface area is 171 Å². The summed E-state index contributed by atoms with van der Waals surface area (Å²) in [7, 11) is -2.19. The van der Waals surface area contributed by atoms with Gasteiger partial charge in [-0.25, -0.2) is 8.42 Å². The number of carbonyl (C=O) groups is 3. The van der Waals surface area contributed by atoms with E-state index in [0.717, 1.165) is 21.7 Å². The van der Waals surface area contributed by atoms with Crippen LogP contribution in [0.5, 0.6) is 0 Å². The van der Waals surface area contributed by atoms with Crippen molar-refractivity contribution in [3.63, 3.8) is 0 Å². The SMILES string of the molecule is Cc1ccc(CCNC(=O)CNC(=O)[C@@]2(C)CN(S(C)(=O)=O)CC(=O)N2C)cc1. The number of nitrogens with one attached hydrogen (secondary N) is 2. The Balaban J connectivity index is 1.88. The zero-order chi connectivity index (χ0) is 21.8. The summed E-state index contributed by atoms with van der Waals surface area (Å²) in [4.78, 5) is 38.1. The molecule has 0 radical (unpaired) electrons. The fraction of sp³-hybridized carbons (Fsp3) is 0.526. The molecule has 1 aliphatic heterocycles. The molecule has 1 atom stereocenters. The lowest BCUT2D eigenvalue weighted by Crippen LogP contribution is -2.68. The Morgan fingerprint density at radius 3 is 2.38 bits per heavy atom. The molecule has 1 saturated heterocycles. The van der Waals surface area contributed by atoms with Gasteiger partial charge in [-0.1, -0.05) is 29.8 Å². The van der Waals surface area contributed by atoms with Crippen molar-refractivity contribution in [2.45, 2.75) is 25.8 Å². The zero-order valence-electron chi connectivity index (χ0n) is 17.2. The number of amides is 3. The minimum absolute atomic E-state index is 0.172. The molecular formula is C19H28N4O5S. The molecule has 3 amide bonds. The molecule has 1 aliphatic rings. The Kier molecular flexibility index (Phi) is 7.02. The van der Waals surface area contributed by atoms with E-state index in [9.17, 15) is 22.8 Å². The van der Waals surface area contributed by atoms with Crippen LogP contribution >= 0.6 is 0 Å². The third-order valence-electron chi connectivity index (χ3n) is 5.13. The number of rotatable bonds is 7. The van der Waals surface area contributed by atoms with Crippen molar-refractivity contribution in [3.8, 4) is 0 Å². The lowest BCUT2D eigenvalue weighted by Gasteiger charge is -2.44. The number of hydrogen-bond acceptors (Lipinski definition) is 5. The molecule has 10 heteroatoms. The first kappa shape index (κ1) is 22.8. The van der Waals surface area contributed by atoms with E-state index in [1.54, 1.807) is 0 Å². The zero-order valence-corrected chi connectivity index (χ0v) is 18.0. The third-order valence-corrected chi connectivity index (χ3v) is 6.33. The minimum atomic E-state index is -3.63. The minimum Gasteiger partial charge on any atom is -0.354 e. The fourth-order valence-electron chi connectivity index (χ4n) is 3.01. The Morgan fingerprint density at radius 1 is 1.17 bits per heavy atom. The van der Waals surface area contributed by atoms with Crippen LogP contribution in [0.3, 0.4) is 0 Å². The summed E-state index contributed by atoms with van der Waals surface area (Å²) in [6.07, 6.45) is 1.66. The summed E-state index contributed by atoms with van der Waals surface area (Å²) >= 11 is 0. The average Bonchev–Trinajstić information content (AvgIpc) is 2.64. The Bertz CT molecular complexity index is 884. The number of benzene rings is 1. The van der Waals surface area contributed by atoms with Crippen LogP contribution in [0.25, 0.3) is 0 Å². The molecule has 0 aromatic heterocycles. The molecule has 1 aromatic rings. The van der Waals surface area contributed by atoms with Gasteiger partial charge in [-0.3, -0.25) is 14.4 Å². The van der Waals surface area contributed by atoms with Crippen LogP contribution in [0.4, 0.5) is 0 Å². The lowest BCUT2D eigenvalue weighted by molar-refractivity contribution is -0.150. The highest BCUT2D eigenvalue weighted by atomic mass is 32.2. The van der Waals surface area contributed by atoms with Gasteiger partial charge in [0.1, 0.15) is 5.54 Å². The average molecular weight is 425 g/mol. The normalized spacial score (nSPS) is 20.4. The maximum absolute atomic E-state index is 12.7. The van der Waals surface area contributed by atoms with Crippen LogP contribution in [0.2, 0.25) is 0 Å². The Morgan fingerprint density at radius 2 is 1.79 bits per heavy atom. The summed E-state index contributed by atoms with van der Waals surface area (Å²) in [5, 5.41) is 5.23. The topological polar surface area (TPSA) is 116 Å². The number of aryl methyl sites for hydroxylation is 1. The first-order chi connectivity index (χ1) is 13.4. The van der Waals surface area contributed by atoms with Crippen molar-refractivity contribution in [1.29, 1.82) is 0 Å². The van der Waals surface area contributed by atoms with Crippen LogP contribution in [0.1, 0.15) is 18.1 Å². The molecular weight excluding hydrogens is 396 g/mol. The number of piperazine rings is 1. The maximum atomic E-state index is 12.7. The first-order valence-corrected chi connectivity index (χ1v) is 11.1. The van der Waals surface area contributed by atoms with E-state index in [1.165, 1.54) is 18.9 Å². The smallest absolute Gasteiger partial charge is 0.247 e. The van der Waals surface area contributed by atoms with Crippen molar-refractivity contribution in [1.82, 2.24) is 19.8 Å². The second kappa shape index (κ2) is 8.91. The van der Waals surface area contributed by atoms with Gasteiger partial charge in [0, 0.05) is 20.1 Å². The van der Waals surface area contributed by atoms with Crippen LogP contribution in [0, 0.1) is 6.92 Å². The third kappa shape index (κ3) is 5.77. The van der Waals surface area contributed by atoms with Gasteiger partial charge in [0.15, 0.2) is 0 Å². The van der Waals surface area contributed by atoms with E-state index >= 15 is 0 Å². The van der Waals surface area contributed by atoms with Gasteiger partial charge < -0.3 is 15.5 Å². The fourth-order valence-corrected chi connectivity index (χ4v) is 3.84. The van der Waals surface area contributed by atoms with Crippen LogP contribution in [-0.2, 0) is 30.8 Å². The van der Waals surface area contributed by atoms with E-state index in [1.807, 2.05) is 31.2 Å². The molecule has 2 N–H and O–H groups in total. The van der Waals surface area contributed by atoms with Crippen molar-refractivity contribution >= 4 is 27.7 Å². The number of sulfonamides is 1. The van der Waals surface area contributed by atoms with Crippen molar-refractivity contribution in [2.75, 3.05) is 39.5 Å². The molecule has 2 rings (SSSR count). The van der Waals surface area contributed by atoms with E-state index in [2.05, 4.69) is 10.6 Å². The van der Waals surface area contributed by atoms with E-state index in [0.29, 0.717) is 13.0 Å². The summed E-state index contributed by atoms with van der Waals surface area (Å²) in [5.41, 5.74) is 0.853.